The third-order valence-electron chi connectivity index (χ3n) is 2.43. The Kier molecular flexibility index (Phi) is 4.53. The van der Waals surface area contributed by atoms with Gasteiger partial charge in [-0.2, -0.15) is 5.20 Å². The van der Waals surface area contributed by atoms with E-state index >= 15 is 0 Å². The first kappa shape index (κ1) is 14.3. The molecule has 0 heterocycles. The molecule has 0 aliphatic rings. The van der Waals surface area contributed by atoms with Gasteiger partial charge in [0.1, 0.15) is 5.75 Å². The van der Waals surface area contributed by atoms with E-state index in [0.717, 1.165) is 0 Å². The van der Waals surface area contributed by atoms with Crippen LogP contribution in [0.1, 0.15) is 10.4 Å². The molecule has 0 fully saturated rings. The summed E-state index contributed by atoms with van der Waals surface area (Å²) in [5.41, 5.74) is 0.361. The topological polar surface area (TPSA) is 93.5 Å². The number of amides is 1. The normalized spacial score (nSPS) is 13.2. The number of hydrazine groups is 1. The number of nitrogens with two attached hydrogens (primary N) is 1. The van der Waals surface area contributed by atoms with Crippen molar-refractivity contribution in [3.8, 4) is 5.75 Å². The molecule has 0 bridgehead atoms. The Morgan fingerprint density at radius 1 is 1.00 bits per heavy atom. The van der Waals surface area contributed by atoms with Crippen LogP contribution in [0.2, 0.25) is 0 Å². The van der Waals surface area contributed by atoms with E-state index in [1.54, 1.807) is 60.7 Å². The Hall–Kier alpha value is -2.14. The number of rotatable bonds is 5. The predicted octanol–water partition coefficient (Wildman–Crippen LogP) is 2.07. The highest BCUT2D eigenvalue weighted by Gasteiger charge is 2.26. The molecule has 0 aliphatic heterocycles. The van der Waals surface area contributed by atoms with Gasteiger partial charge in [-0.25, -0.2) is 4.57 Å². The van der Waals surface area contributed by atoms with Crippen molar-refractivity contribution in [3.63, 3.8) is 0 Å². The van der Waals surface area contributed by atoms with Crippen LogP contribution < -0.4 is 20.7 Å². The zero-order valence-electron chi connectivity index (χ0n) is 10.5. The lowest BCUT2D eigenvalue weighted by Crippen LogP contribution is -2.34. The molecule has 6 nitrogen and oxygen atoms in total. The lowest BCUT2D eigenvalue weighted by molar-refractivity contribution is 0.0977. The fraction of sp³-hybridized carbons (Fsp3) is 0. The fourth-order valence-electron chi connectivity index (χ4n) is 1.50. The van der Waals surface area contributed by atoms with Gasteiger partial charge in [-0.3, -0.25) is 15.7 Å². The third kappa shape index (κ3) is 3.68. The summed E-state index contributed by atoms with van der Waals surface area (Å²) in [6, 6.07) is 16.8. The first-order valence-electron chi connectivity index (χ1n) is 5.83. The fourth-order valence-corrected chi connectivity index (χ4v) is 2.48. The van der Waals surface area contributed by atoms with E-state index in [1.807, 2.05) is 5.20 Å². The van der Waals surface area contributed by atoms with Crippen LogP contribution in [-0.2, 0) is 4.57 Å². The zero-order chi connectivity index (χ0) is 14.4. The van der Waals surface area contributed by atoms with Crippen LogP contribution >= 0.6 is 7.67 Å². The molecule has 2 aromatic carbocycles. The molecule has 1 atom stereocenters. The average Bonchev–Trinajstić information content (AvgIpc) is 2.49. The first-order valence-corrected chi connectivity index (χ1v) is 7.46. The monoisotopic (exact) mass is 291 g/mol. The summed E-state index contributed by atoms with van der Waals surface area (Å²) in [6.45, 7) is 0. The van der Waals surface area contributed by atoms with Gasteiger partial charge in [0.2, 0.25) is 0 Å². The van der Waals surface area contributed by atoms with E-state index < -0.39 is 13.6 Å². The van der Waals surface area contributed by atoms with Crippen molar-refractivity contribution in [3.05, 3.63) is 66.2 Å². The van der Waals surface area contributed by atoms with Gasteiger partial charge in [-0.1, -0.05) is 36.4 Å². The van der Waals surface area contributed by atoms with Crippen LogP contribution in [0, 0.1) is 0 Å². The lowest BCUT2D eigenvalue weighted by Gasteiger charge is -2.18. The molecule has 2 rings (SSSR count). The van der Waals surface area contributed by atoms with Crippen LogP contribution in [0.5, 0.6) is 5.75 Å². The third-order valence-corrected chi connectivity index (χ3v) is 3.74. The lowest BCUT2D eigenvalue weighted by atomic mass is 10.2. The molecule has 0 radical (unpaired) electrons. The van der Waals surface area contributed by atoms with E-state index in [0.29, 0.717) is 11.3 Å². The number of hydrogen-bond acceptors (Lipinski definition) is 4. The van der Waals surface area contributed by atoms with Gasteiger partial charge in [0, 0.05) is 5.56 Å². The Morgan fingerprint density at radius 3 is 2.10 bits per heavy atom. The molecular weight excluding hydrogens is 277 g/mol. The highest BCUT2D eigenvalue weighted by molar-refractivity contribution is 7.55. The van der Waals surface area contributed by atoms with Crippen molar-refractivity contribution in [1.29, 1.82) is 0 Å². The molecule has 7 heteroatoms. The van der Waals surface area contributed by atoms with E-state index in [1.165, 1.54) is 0 Å². The zero-order valence-corrected chi connectivity index (χ0v) is 11.4. The molecule has 0 aromatic heterocycles. The second kappa shape index (κ2) is 6.34. The number of benzene rings is 2. The summed E-state index contributed by atoms with van der Waals surface area (Å²) in [5, 5.41) is 4.30. The molecule has 1 amide bonds. The molecule has 0 saturated carbocycles. The first-order chi connectivity index (χ1) is 9.63. The van der Waals surface area contributed by atoms with Crippen LogP contribution in [-0.4, -0.2) is 5.91 Å². The summed E-state index contributed by atoms with van der Waals surface area (Å²) in [4.78, 5) is 12.0. The Labute approximate surface area is 116 Å². The second-order valence-corrected chi connectivity index (χ2v) is 5.66. The standard InChI is InChI=1S/C13H14N3O3P/c14-16-20(18,19-12-9-5-2-6-10-12)15-13(17)11-7-3-1-4-8-11/h1-10H,14H2,(H2,15,16,17,18). The van der Waals surface area contributed by atoms with Crippen molar-refractivity contribution in [1.82, 2.24) is 10.3 Å². The summed E-state index contributed by atoms with van der Waals surface area (Å²) in [7, 11) is -3.72. The van der Waals surface area contributed by atoms with E-state index in [2.05, 4.69) is 5.09 Å². The maximum absolute atomic E-state index is 12.3. The minimum absolute atomic E-state index is 0.335. The molecule has 0 aliphatic carbocycles. The largest absolute Gasteiger partial charge is 0.432 e. The van der Waals surface area contributed by atoms with Crippen molar-refractivity contribution >= 4 is 13.6 Å². The summed E-state index contributed by atoms with van der Waals surface area (Å²) >= 11 is 0. The predicted molar refractivity (Wildman–Crippen MR) is 75.9 cm³/mol. The van der Waals surface area contributed by atoms with Gasteiger partial charge in [0.25, 0.3) is 5.91 Å². The molecule has 20 heavy (non-hydrogen) atoms. The van der Waals surface area contributed by atoms with Crippen molar-refractivity contribution in [2.24, 2.45) is 5.84 Å². The van der Waals surface area contributed by atoms with Crippen molar-refractivity contribution in [2.75, 3.05) is 0 Å². The maximum Gasteiger partial charge on any atom is 0.432 e. The molecule has 0 spiro atoms. The van der Waals surface area contributed by atoms with Crippen LogP contribution in [0.15, 0.2) is 60.7 Å². The highest BCUT2D eigenvalue weighted by atomic mass is 31.2. The molecule has 1 unspecified atom stereocenters. The van der Waals surface area contributed by atoms with Gasteiger partial charge in [-0.15, -0.1) is 0 Å². The molecule has 2 aromatic rings. The summed E-state index contributed by atoms with van der Waals surface area (Å²) < 4.78 is 17.6. The van der Waals surface area contributed by atoms with E-state index in [9.17, 15) is 9.36 Å². The van der Waals surface area contributed by atoms with Crippen LogP contribution in [0.3, 0.4) is 0 Å². The average molecular weight is 291 g/mol. The minimum atomic E-state index is -3.72. The summed E-state index contributed by atoms with van der Waals surface area (Å²) in [6.07, 6.45) is 0. The summed E-state index contributed by atoms with van der Waals surface area (Å²) in [5.74, 6) is 5.02. The van der Waals surface area contributed by atoms with E-state index in [4.69, 9.17) is 10.4 Å². The van der Waals surface area contributed by atoms with Crippen molar-refractivity contribution in [2.45, 2.75) is 0 Å². The number of hydrogen-bond donors (Lipinski definition) is 3. The molecular formula is C13H14N3O3P. The molecule has 104 valence electrons. The SMILES string of the molecule is NNP(=O)(NC(=O)c1ccccc1)Oc1ccccc1. The quantitative estimate of drug-likeness (QED) is 0.445. The smallest absolute Gasteiger partial charge is 0.417 e. The van der Waals surface area contributed by atoms with Crippen LogP contribution in [0.25, 0.3) is 0 Å². The number of carbonyl (C=O) groups is 1. The van der Waals surface area contributed by atoms with Crippen LogP contribution in [0.4, 0.5) is 0 Å². The highest BCUT2D eigenvalue weighted by Crippen LogP contribution is 2.37. The molecule has 0 saturated heterocycles. The number of para-hydroxylation sites is 1. The van der Waals surface area contributed by atoms with Gasteiger partial charge >= 0.3 is 7.67 Å². The number of nitrogens with one attached hydrogen (secondary N) is 2. The Bertz CT molecular complexity index is 619. The Morgan fingerprint density at radius 2 is 1.55 bits per heavy atom. The van der Waals surface area contributed by atoms with E-state index in [-0.39, 0.29) is 0 Å². The second-order valence-electron chi connectivity index (χ2n) is 3.89. The maximum atomic E-state index is 12.3. The van der Waals surface area contributed by atoms with Gasteiger partial charge < -0.3 is 4.52 Å². The van der Waals surface area contributed by atoms with Crippen molar-refractivity contribution < 1.29 is 13.9 Å². The van der Waals surface area contributed by atoms with Gasteiger partial charge in [-0.05, 0) is 24.3 Å². The Balaban J connectivity index is 2.12. The number of carbonyl (C=O) groups excluding carboxylic acids is 1. The van der Waals surface area contributed by atoms with Gasteiger partial charge in [0.15, 0.2) is 0 Å². The minimum Gasteiger partial charge on any atom is -0.417 e. The molecule has 4 N–H and O–H groups in total. The van der Waals surface area contributed by atoms with Gasteiger partial charge in [0.05, 0.1) is 0 Å².